The quantitative estimate of drug-likeness (QED) is 0.818. The molecule has 3 rings (SSSR count). The first-order chi connectivity index (χ1) is 11.9. The molecule has 2 atom stereocenters. The molecule has 0 aliphatic carbocycles. The van der Waals surface area contributed by atoms with Crippen molar-refractivity contribution in [3.63, 3.8) is 0 Å². The van der Waals surface area contributed by atoms with Gasteiger partial charge in [0.2, 0.25) is 0 Å². The average molecular weight is 348 g/mol. The number of nitrogens with zero attached hydrogens (tertiary/aromatic N) is 1. The predicted molar refractivity (Wildman–Crippen MR) is 99.2 cm³/mol. The van der Waals surface area contributed by atoms with Gasteiger partial charge in [0.25, 0.3) is 0 Å². The maximum Gasteiger partial charge on any atom is 0.323 e. The maximum absolute atomic E-state index is 11.6. The number of ether oxygens (including phenoxy) is 1. The number of esters is 1. The van der Waals surface area contributed by atoms with Gasteiger partial charge in [-0.3, -0.25) is 9.69 Å². The molecule has 25 heavy (non-hydrogen) atoms. The molecule has 2 saturated heterocycles. The highest BCUT2D eigenvalue weighted by atomic mass is 16.5. The van der Waals surface area contributed by atoms with Crippen molar-refractivity contribution in [3.05, 3.63) is 35.9 Å². The van der Waals surface area contributed by atoms with Gasteiger partial charge in [-0.05, 0) is 58.2 Å². The number of hydrogen-bond acceptors (Lipinski definition) is 5. The molecule has 1 aromatic carbocycles. The first-order valence-electron chi connectivity index (χ1n) is 9.23. The number of carbonyl (C=O) groups excluding carboxylic acids is 1. The molecule has 0 bridgehead atoms. The van der Waals surface area contributed by atoms with Gasteiger partial charge >= 0.3 is 5.97 Å². The van der Waals surface area contributed by atoms with E-state index >= 15 is 0 Å². The Morgan fingerprint density at radius 3 is 2.52 bits per heavy atom. The minimum Gasteiger partial charge on any atom is -0.468 e. The molecule has 1 aromatic rings. The van der Waals surface area contributed by atoms with Gasteiger partial charge in [0.1, 0.15) is 6.04 Å². The Bertz CT molecular complexity index is 521. The lowest BCUT2D eigenvalue weighted by Crippen LogP contribution is -2.42. The Morgan fingerprint density at radius 2 is 2.00 bits per heavy atom. The van der Waals surface area contributed by atoms with Gasteiger partial charge in [-0.2, -0.15) is 0 Å². The molecule has 140 valence electrons. The third-order valence-corrected chi connectivity index (χ3v) is 4.98. The fourth-order valence-electron chi connectivity index (χ4n) is 3.52. The van der Waals surface area contributed by atoms with E-state index < -0.39 is 5.60 Å². The van der Waals surface area contributed by atoms with Crippen molar-refractivity contribution in [2.24, 2.45) is 0 Å². The molecule has 2 aliphatic rings. The van der Waals surface area contributed by atoms with E-state index in [4.69, 9.17) is 4.74 Å². The second kappa shape index (κ2) is 9.32. The number of rotatable bonds is 4. The smallest absolute Gasteiger partial charge is 0.323 e. The van der Waals surface area contributed by atoms with Crippen molar-refractivity contribution in [2.75, 3.05) is 20.2 Å². The number of likely N-dealkylation sites (tertiary alicyclic amines) is 1. The van der Waals surface area contributed by atoms with E-state index in [0.29, 0.717) is 6.04 Å². The standard InChI is InChI=1S/C13H17NO2.C7H15NO/c1-16-13(15)12-8-5-9-14(12)10-11-6-3-2-4-7-11;1-7(2,9)6-4-3-5-8-6/h2-4,6-7,12H,5,8-10H2,1H3;6,8-9H,3-5H2,1-2H3/t12-;6-/m00/s1. The van der Waals surface area contributed by atoms with E-state index in [0.717, 1.165) is 38.9 Å². The van der Waals surface area contributed by atoms with E-state index in [1.807, 2.05) is 32.0 Å². The van der Waals surface area contributed by atoms with Crippen molar-refractivity contribution < 1.29 is 14.6 Å². The summed E-state index contributed by atoms with van der Waals surface area (Å²) in [6.45, 7) is 6.59. The number of methoxy groups -OCH3 is 1. The first-order valence-corrected chi connectivity index (χ1v) is 9.23. The van der Waals surface area contributed by atoms with Crippen molar-refractivity contribution in [2.45, 2.75) is 63.8 Å². The summed E-state index contributed by atoms with van der Waals surface area (Å²) < 4.78 is 4.82. The SMILES string of the molecule is CC(C)(O)[C@@H]1CCCN1.COC(=O)[C@@H]1CCCN1Cc1ccccc1. The summed E-state index contributed by atoms with van der Waals surface area (Å²) in [4.78, 5) is 13.7. The fraction of sp³-hybridized carbons (Fsp3) is 0.650. The van der Waals surface area contributed by atoms with Crippen LogP contribution in [0.5, 0.6) is 0 Å². The molecule has 0 aromatic heterocycles. The van der Waals surface area contributed by atoms with Crippen molar-refractivity contribution in [1.29, 1.82) is 0 Å². The molecular weight excluding hydrogens is 316 g/mol. The van der Waals surface area contributed by atoms with Crippen LogP contribution in [-0.4, -0.2) is 53.9 Å². The number of hydrogen-bond donors (Lipinski definition) is 2. The molecule has 0 unspecified atom stereocenters. The first kappa shape index (κ1) is 19.9. The van der Waals surface area contributed by atoms with Crippen LogP contribution >= 0.6 is 0 Å². The second-order valence-electron chi connectivity index (χ2n) is 7.44. The molecule has 0 saturated carbocycles. The summed E-state index contributed by atoms with van der Waals surface area (Å²) >= 11 is 0. The zero-order chi connectivity index (χ0) is 18.3. The Hall–Kier alpha value is -1.43. The van der Waals surface area contributed by atoms with Gasteiger partial charge in [0.15, 0.2) is 0 Å². The van der Waals surface area contributed by atoms with Crippen LogP contribution in [0.25, 0.3) is 0 Å². The van der Waals surface area contributed by atoms with Gasteiger partial charge in [0.05, 0.1) is 12.7 Å². The molecule has 5 nitrogen and oxygen atoms in total. The third kappa shape index (κ3) is 6.10. The van der Waals surface area contributed by atoms with Crippen LogP contribution < -0.4 is 5.32 Å². The Labute approximate surface area is 151 Å². The van der Waals surface area contributed by atoms with Crippen LogP contribution in [0, 0.1) is 0 Å². The lowest BCUT2D eigenvalue weighted by molar-refractivity contribution is -0.146. The molecule has 0 spiro atoms. The zero-order valence-corrected chi connectivity index (χ0v) is 15.7. The largest absolute Gasteiger partial charge is 0.468 e. The summed E-state index contributed by atoms with van der Waals surface area (Å²) in [5, 5.41) is 12.7. The minimum absolute atomic E-state index is 0.0507. The number of benzene rings is 1. The van der Waals surface area contributed by atoms with E-state index in [9.17, 15) is 9.90 Å². The Kier molecular flexibility index (Phi) is 7.41. The lowest BCUT2D eigenvalue weighted by Gasteiger charge is -2.25. The monoisotopic (exact) mass is 348 g/mol. The van der Waals surface area contributed by atoms with Gasteiger partial charge in [-0.15, -0.1) is 0 Å². The van der Waals surface area contributed by atoms with E-state index in [-0.39, 0.29) is 12.0 Å². The van der Waals surface area contributed by atoms with E-state index in [2.05, 4.69) is 22.3 Å². The molecule has 5 heteroatoms. The molecule has 2 aliphatic heterocycles. The second-order valence-corrected chi connectivity index (χ2v) is 7.44. The van der Waals surface area contributed by atoms with Crippen molar-refractivity contribution in [3.8, 4) is 0 Å². The Morgan fingerprint density at radius 1 is 1.28 bits per heavy atom. The number of carbonyl (C=O) groups is 1. The van der Waals surface area contributed by atoms with E-state index in [1.54, 1.807) is 0 Å². The highest BCUT2D eigenvalue weighted by molar-refractivity contribution is 5.75. The van der Waals surface area contributed by atoms with Crippen molar-refractivity contribution >= 4 is 5.97 Å². The summed E-state index contributed by atoms with van der Waals surface area (Å²) in [6.07, 6.45) is 4.31. The highest BCUT2D eigenvalue weighted by Gasteiger charge is 2.31. The van der Waals surface area contributed by atoms with Crippen LogP contribution in [0.4, 0.5) is 0 Å². The van der Waals surface area contributed by atoms with Crippen LogP contribution in [0.15, 0.2) is 30.3 Å². The predicted octanol–water partition coefficient (Wildman–Crippen LogP) is 2.33. The molecule has 2 fully saturated rings. The summed E-state index contributed by atoms with van der Waals surface area (Å²) in [5.41, 5.74) is 0.717. The lowest BCUT2D eigenvalue weighted by atomic mass is 9.98. The zero-order valence-electron chi connectivity index (χ0n) is 15.7. The molecule has 0 radical (unpaired) electrons. The van der Waals surface area contributed by atoms with Crippen LogP contribution in [-0.2, 0) is 16.1 Å². The summed E-state index contributed by atoms with van der Waals surface area (Å²) in [5.74, 6) is -0.103. The summed E-state index contributed by atoms with van der Waals surface area (Å²) in [7, 11) is 1.46. The topological polar surface area (TPSA) is 61.8 Å². The third-order valence-electron chi connectivity index (χ3n) is 4.98. The minimum atomic E-state index is -0.531. The average Bonchev–Trinajstić information content (AvgIpc) is 3.27. The highest BCUT2D eigenvalue weighted by Crippen LogP contribution is 2.21. The molecule has 0 amide bonds. The normalized spacial score (nSPS) is 23.8. The fourth-order valence-corrected chi connectivity index (χ4v) is 3.52. The van der Waals surface area contributed by atoms with Crippen molar-refractivity contribution in [1.82, 2.24) is 10.2 Å². The van der Waals surface area contributed by atoms with Crippen LogP contribution in [0.1, 0.15) is 45.1 Å². The molecular formula is C20H32N2O3. The molecule has 2 heterocycles. The van der Waals surface area contributed by atoms with E-state index in [1.165, 1.54) is 19.1 Å². The van der Waals surface area contributed by atoms with Gasteiger partial charge in [0, 0.05) is 12.6 Å². The van der Waals surface area contributed by atoms with Crippen LogP contribution in [0.3, 0.4) is 0 Å². The van der Waals surface area contributed by atoms with Gasteiger partial charge in [-0.25, -0.2) is 0 Å². The van der Waals surface area contributed by atoms with Crippen LogP contribution in [0.2, 0.25) is 0 Å². The summed E-state index contributed by atoms with van der Waals surface area (Å²) in [6, 6.07) is 10.5. The Balaban J connectivity index is 0.000000212. The molecule has 2 N–H and O–H groups in total. The number of aliphatic hydroxyl groups is 1. The number of nitrogens with one attached hydrogen (secondary N) is 1. The van der Waals surface area contributed by atoms with Gasteiger partial charge < -0.3 is 15.2 Å². The van der Waals surface area contributed by atoms with Gasteiger partial charge in [-0.1, -0.05) is 30.3 Å². The maximum atomic E-state index is 11.6.